The van der Waals surface area contributed by atoms with Gasteiger partial charge in [-0.25, -0.2) is 4.79 Å². The van der Waals surface area contributed by atoms with Gasteiger partial charge in [0.15, 0.2) is 0 Å². The first kappa shape index (κ1) is 16.4. The van der Waals surface area contributed by atoms with Gasteiger partial charge in [0.1, 0.15) is 6.10 Å². The van der Waals surface area contributed by atoms with Crippen molar-refractivity contribution in [2.45, 2.75) is 32.2 Å². The van der Waals surface area contributed by atoms with E-state index in [0.717, 1.165) is 35.5 Å². The van der Waals surface area contributed by atoms with Crippen LogP contribution in [0.1, 0.15) is 24.1 Å². The van der Waals surface area contributed by atoms with Crippen LogP contribution in [0.3, 0.4) is 0 Å². The molecule has 1 aliphatic carbocycles. The van der Waals surface area contributed by atoms with E-state index < -0.39 is 0 Å². The Morgan fingerprint density at radius 3 is 2.96 bits per heavy atom. The summed E-state index contributed by atoms with van der Waals surface area (Å²) in [6, 6.07) is 9.94. The number of carbonyl (C=O) groups excluding carboxylic acids is 2. The summed E-state index contributed by atoms with van der Waals surface area (Å²) in [5, 5.41) is 2.88. The molecule has 2 amide bonds. The molecule has 7 nitrogen and oxygen atoms in total. The van der Waals surface area contributed by atoms with Crippen LogP contribution >= 0.6 is 0 Å². The first-order valence-corrected chi connectivity index (χ1v) is 9.32. The number of ether oxygens (including phenoxy) is 2. The SMILES string of the molecule is O=C(NC[C@H]1CN(c2ccc3c(c2)-n2cccc2COC3)C(=O)O1)C1CC1. The molecule has 3 aliphatic rings. The maximum atomic E-state index is 12.4. The molecule has 1 saturated carbocycles. The van der Waals surface area contributed by atoms with Crippen LogP contribution in [-0.2, 0) is 27.5 Å². The van der Waals surface area contributed by atoms with Gasteiger partial charge in [-0.05, 0) is 37.1 Å². The number of hydrogen-bond donors (Lipinski definition) is 1. The van der Waals surface area contributed by atoms with Crippen molar-refractivity contribution in [3.8, 4) is 5.69 Å². The van der Waals surface area contributed by atoms with Gasteiger partial charge < -0.3 is 19.4 Å². The van der Waals surface area contributed by atoms with Crippen LogP contribution in [-0.4, -0.2) is 35.8 Å². The summed E-state index contributed by atoms with van der Waals surface area (Å²) >= 11 is 0. The maximum Gasteiger partial charge on any atom is 0.414 e. The average Bonchev–Trinajstić information content (AvgIpc) is 3.36. The zero-order valence-corrected chi connectivity index (χ0v) is 14.9. The number of carbonyl (C=O) groups is 2. The van der Waals surface area contributed by atoms with Crippen LogP contribution in [0.15, 0.2) is 36.5 Å². The maximum absolute atomic E-state index is 12.4. The van der Waals surface area contributed by atoms with Crippen molar-refractivity contribution in [3.05, 3.63) is 47.8 Å². The molecular formula is C20H21N3O4. The molecular weight excluding hydrogens is 346 g/mol. The van der Waals surface area contributed by atoms with Gasteiger partial charge in [-0.3, -0.25) is 9.69 Å². The number of nitrogens with zero attached hydrogens (tertiary/aromatic N) is 2. The molecule has 2 aromatic rings. The van der Waals surface area contributed by atoms with Gasteiger partial charge in [0.25, 0.3) is 0 Å². The molecule has 1 aromatic carbocycles. The number of amides is 2. The standard InChI is InChI=1S/C20H21N3O4/c24-19(13-3-4-13)21-9-17-10-23(20(25)27-17)15-6-5-14-11-26-12-16-2-1-7-22(16)18(14)8-15/h1-2,5-8,13,17H,3-4,9-12H2,(H,21,24)/t17-/m0/s1. The minimum absolute atomic E-state index is 0.0645. The second-order valence-electron chi connectivity index (χ2n) is 7.31. The number of cyclic esters (lactones) is 1. The Bertz CT molecular complexity index is 902. The minimum atomic E-state index is -0.377. The third kappa shape index (κ3) is 3.08. The van der Waals surface area contributed by atoms with E-state index in [-0.39, 0.29) is 24.0 Å². The molecule has 2 fully saturated rings. The van der Waals surface area contributed by atoms with Gasteiger partial charge >= 0.3 is 6.09 Å². The van der Waals surface area contributed by atoms with Gasteiger partial charge in [0.2, 0.25) is 5.91 Å². The Balaban J connectivity index is 1.35. The van der Waals surface area contributed by atoms with Gasteiger partial charge in [0.05, 0.1) is 32.0 Å². The van der Waals surface area contributed by atoms with E-state index in [2.05, 4.69) is 9.88 Å². The molecule has 1 saturated heterocycles. The van der Waals surface area contributed by atoms with Crippen molar-refractivity contribution in [1.82, 2.24) is 9.88 Å². The van der Waals surface area contributed by atoms with Crippen LogP contribution in [0.4, 0.5) is 10.5 Å². The molecule has 7 heteroatoms. The summed E-state index contributed by atoms with van der Waals surface area (Å²) in [6.07, 6.45) is 3.22. The Kier molecular flexibility index (Phi) is 3.89. The summed E-state index contributed by atoms with van der Waals surface area (Å²) in [7, 11) is 0. The molecule has 2 aliphatic heterocycles. The molecule has 1 aromatic heterocycles. The lowest BCUT2D eigenvalue weighted by Gasteiger charge is -2.17. The highest BCUT2D eigenvalue weighted by Crippen LogP contribution is 2.31. The highest BCUT2D eigenvalue weighted by atomic mass is 16.6. The summed E-state index contributed by atoms with van der Waals surface area (Å²) in [6.45, 7) is 1.89. The Morgan fingerprint density at radius 1 is 1.22 bits per heavy atom. The largest absolute Gasteiger partial charge is 0.442 e. The molecule has 3 heterocycles. The molecule has 0 spiro atoms. The van der Waals surface area contributed by atoms with E-state index in [1.165, 1.54) is 0 Å². The van der Waals surface area contributed by atoms with Crippen molar-refractivity contribution in [3.63, 3.8) is 0 Å². The van der Waals surface area contributed by atoms with Crippen LogP contribution in [0.25, 0.3) is 5.69 Å². The second-order valence-corrected chi connectivity index (χ2v) is 7.31. The van der Waals surface area contributed by atoms with Crippen molar-refractivity contribution >= 4 is 17.7 Å². The van der Waals surface area contributed by atoms with Crippen molar-refractivity contribution < 1.29 is 19.1 Å². The zero-order chi connectivity index (χ0) is 18.4. The summed E-state index contributed by atoms with van der Waals surface area (Å²) in [5.74, 6) is 0.218. The topological polar surface area (TPSA) is 72.8 Å². The number of fused-ring (bicyclic) bond motifs is 3. The monoisotopic (exact) mass is 367 g/mol. The average molecular weight is 367 g/mol. The molecule has 5 rings (SSSR count). The molecule has 1 atom stereocenters. The molecule has 140 valence electrons. The minimum Gasteiger partial charge on any atom is -0.442 e. The lowest BCUT2D eigenvalue weighted by atomic mass is 10.1. The van der Waals surface area contributed by atoms with E-state index in [0.29, 0.717) is 26.3 Å². The number of hydrogen-bond acceptors (Lipinski definition) is 4. The third-order valence-electron chi connectivity index (χ3n) is 5.31. The van der Waals surface area contributed by atoms with Crippen molar-refractivity contribution in [2.24, 2.45) is 5.92 Å². The fourth-order valence-corrected chi connectivity index (χ4v) is 3.64. The Morgan fingerprint density at radius 2 is 2.11 bits per heavy atom. The first-order valence-electron chi connectivity index (χ1n) is 9.32. The highest BCUT2D eigenvalue weighted by Gasteiger charge is 2.35. The Hall–Kier alpha value is -2.80. The van der Waals surface area contributed by atoms with E-state index in [9.17, 15) is 9.59 Å². The van der Waals surface area contributed by atoms with Crippen molar-refractivity contribution in [1.29, 1.82) is 0 Å². The second kappa shape index (κ2) is 6.42. The smallest absolute Gasteiger partial charge is 0.414 e. The number of nitrogens with one attached hydrogen (secondary N) is 1. The third-order valence-corrected chi connectivity index (χ3v) is 5.31. The molecule has 0 unspecified atom stereocenters. The zero-order valence-electron chi connectivity index (χ0n) is 14.9. The van der Waals surface area contributed by atoms with E-state index in [1.54, 1.807) is 4.90 Å². The lowest BCUT2D eigenvalue weighted by Crippen LogP contribution is -2.35. The number of anilines is 1. The highest BCUT2D eigenvalue weighted by molar-refractivity contribution is 5.90. The van der Waals surface area contributed by atoms with E-state index in [1.807, 2.05) is 36.5 Å². The predicted octanol–water partition coefficient (Wildman–Crippen LogP) is 2.36. The predicted molar refractivity (Wildman–Crippen MR) is 97.6 cm³/mol. The normalized spacial score (nSPS) is 21.3. The van der Waals surface area contributed by atoms with Crippen LogP contribution in [0.5, 0.6) is 0 Å². The molecule has 1 N–H and O–H groups in total. The fourth-order valence-electron chi connectivity index (χ4n) is 3.64. The van der Waals surface area contributed by atoms with Gasteiger partial charge in [-0.2, -0.15) is 0 Å². The molecule has 0 radical (unpaired) electrons. The summed E-state index contributed by atoms with van der Waals surface area (Å²) < 4.78 is 13.3. The van der Waals surface area contributed by atoms with Gasteiger partial charge in [-0.1, -0.05) is 6.07 Å². The first-order chi connectivity index (χ1) is 13.2. The quantitative estimate of drug-likeness (QED) is 0.900. The van der Waals surface area contributed by atoms with E-state index in [4.69, 9.17) is 9.47 Å². The number of aromatic nitrogens is 1. The summed E-state index contributed by atoms with van der Waals surface area (Å²) in [4.78, 5) is 25.8. The van der Waals surface area contributed by atoms with Crippen molar-refractivity contribution in [2.75, 3.05) is 18.0 Å². The molecule has 27 heavy (non-hydrogen) atoms. The van der Waals surface area contributed by atoms with Crippen LogP contribution in [0.2, 0.25) is 0 Å². The lowest BCUT2D eigenvalue weighted by molar-refractivity contribution is -0.122. The van der Waals surface area contributed by atoms with E-state index >= 15 is 0 Å². The van der Waals surface area contributed by atoms with Gasteiger partial charge in [0, 0.05) is 29.1 Å². The number of rotatable bonds is 4. The fraction of sp³-hybridized carbons (Fsp3) is 0.400. The van der Waals surface area contributed by atoms with Gasteiger partial charge in [-0.15, -0.1) is 0 Å². The van der Waals surface area contributed by atoms with Crippen LogP contribution < -0.4 is 10.2 Å². The molecule has 0 bridgehead atoms. The Labute approximate surface area is 156 Å². The number of benzene rings is 1. The summed E-state index contributed by atoms with van der Waals surface area (Å²) in [5.41, 5.74) is 3.96. The van der Waals surface area contributed by atoms with Crippen LogP contribution in [0, 0.1) is 5.92 Å².